The molecular formula is C14H30N2O2. The average molecular weight is 258 g/mol. The summed E-state index contributed by atoms with van der Waals surface area (Å²) in [5.41, 5.74) is 5.17. The van der Waals surface area contributed by atoms with E-state index < -0.39 is 5.54 Å². The Morgan fingerprint density at radius 1 is 1.39 bits per heavy atom. The van der Waals surface area contributed by atoms with E-state index >= 15 is 0 Å². The van der Waals surface area contributed by atoms with Gasteiger partial charge in [-0.15, -0.1) is 0 Å². The Balaban J connectivity index is 4.57. The van der Waals surface area contributed by atoms with Crippen molar-refractivity contribution >= 4 is 5.97 Å². The first-order valence-electron chi connectivity index (χ1n) is 7.09. The van der Waals surface area contributed by atoms with Gasteiger partial charge in [0.2, 0.25) is 0 Å². The minimum absolute atomic E-state index is 0.310. The summed E-state index contributed by atoms with van der Waals surface area (Å²) in [5.74, 6) is -0.310. The topological polar surface area (TPSA) is 55.6 Å². The number of rotatable bonds is 9. The van der Waals surface area contributed by atoms with Crippen LogP contribution >= 0.6 is 0 Å². The van der Waals surface area contributed by atoms with Crippen LogP contribution in [0.4, 0.5) is 0 Å². The summed E-state index contributed by atoms with van der Waals surface area (Å²) in [7, 11) is 0. The molecule has 0 aliphatic heterocycles. The zero-order valence-corrected chi connectivity index (χ0v) is 12.7. The van der Waals surface area contributed by atoms with E-state index in [1.165, 1.54) is 0 Å². The molecular weight excluding hydrogens is 228 g/mol. The second kappa shape index (κ2) is 8.48. The number of nitrogens with zero attached hydrogens (tertiary/aromatic N) is 1. The van der Waals surface area contributed by atoms with Crippen LogP contribution in [-0.4, -0.2) is 42.1 Å². The molecule has 4 heteroatoms. The van der Waals surface area contributed by atoms with Gasteiger partial charge >= 0.3 is 5.97 Å². The molecule has 0 aromatic carbocycles. The quantitative estimate of drug-likeness (QED) is 0.644. The van der Waals surface area contributed by atoms with Gasteiger partial charge in [0.15, 0.2) is 0 Å². The maximum Gasteiger partial charge on any atom is 0.327 e. The third-order valence-electron chi connectivity index (χ3n) is 3.29. The van der Waals surface area contributed by atoms with E-state index in [4.69, 9.17) is 10.5 Å². The number of esters is 1. The summed E-state index contributed by atoms with van der Waals surface area (Å²) in [6.45, 7) is 12.0. The molecule has 2 atom stereocenters. The predicted molar refractivity (Wildman–Crippen MR) is 75.5 cm³/mol. The first-order chi connectivity index (χ1) is 8.38. The third-order valence-corrected chi connectivity index (χ3v) is 3.29. The zero-order valence-electron chi connectivity index (χ0n) is 12.7. The van der Waals surface area contributed by atoms with Gasteiger partial charge < -0.3 is 10.5 Å². The van der Waals surface area contributed by atoms with Crippen molar-refractivity contribution in [1.29, 1.82) is 0 Å². The number of unbranched alkanes of at least 4 members (excludes halogenated alkanes) is 1. The highest BCUT2D eigenvalue weighted by Gasteiger charge is 2.33. The second-order valence-electron chi connectivity index (χ2n) is 5.22. The first kappa shape index (κ1) is 17.4. The van der Waals surface area contributed by atoms with Gasteiger partial charge in [0, 0.05) is 12.6 Å². The highest BCUT2D eigenvalue weighted by atomic mass is 16.5. The van der Waals surface area contributed by atoms with Crippen LogP contribution in [0.3, 0.4) is 0 Å². The number of hydrogen-bond donors (Lipinski definition) is 1. The Bertz CT molecular complexity index is 242. The lowest BCUT2D eigenvalue weighted by Crippen LogP contribution is -2.56. The van der Waals surface area contributed by atoms with Gasteiger partial charge in [-0.1, -0.05) is 20.3 Å². The second-order valence-corrected chi connectivity index (χ2v) is 5.22. The van der Waals surface area contributed by atoms with Gasteiger partial charge in [-0.3, -0.25) is 9.69 Å². The molecule has 108 valence electrons. The van der Waals surface area contributed by atoms with E-state index in [-0.39, 0.29) is 5.97 Å². The number of nitrogens with two attached hydrogens (primary N) is 1. The molecule has 0 fully saturated rings. The molecule has 0 saturated carbocycles. The fourth-order valence-corrected chi connectivity index (χ4v) is 1.86. The lowest BCUT2D eigenvalue weighted by atomic mass is 10.0. The molecule has 0 aliphatic carbocycles. The van der Waals surface area contributed by atoms with Crippen molar-refractivity contribution < 1.29 is 9.53 Å². The van der Waals surface area contributed by atoms with Crippen LogP contribution in [0.25, 0.3) is 0 Å². The van der Waals surface area contributed by atoms with Crippen LogP contribution in [0.15, 0.2) is 0 Å². The van der Waals surface area contributed by atoms with E-state index in [0.29, 0.717) is 19.2 Å². The molecule has 0 aromatic rings. The standard InChI is InChI=1S/C14H30N2O2/c1-6-9-10-16(12(4)7-2)11-14(5,15)13(17)18-8-3/h12H,6-11,15H2,1-5H3. The van der Waals surface area contributed by atoms with Gasteiger partial charge in [0.25, 0.3) is 0 Å². The van der Waals surface area contributed by atoms with Crippen LogP contribution in [0.2, 0.25) is 0 Å². The van der Waals surface area contributed by atoms with Crippen molar-refractivity contribution in [3.05, 3.63) is 0 Å². The molecule has 0 radical (unpaired) electrons. The Morgan fingerprint density at radius 3 is 2.44 bits per heavy atom. The Hall–Kier alpha value is -0.610. The Morgan fingerprint density at radius 2 is 2.00 bits per heavy atom. The maximum absolute atomic E-state index is 11.8. The molecule has 0 saturated heterocycles. The SMILES string of the molecule is CCCCN(CC(C)(N)C(=O)OCC)C(C)CC. The number of carbonyl (C=O) groups excluding carboxylic acids is 1. The molecule has 2 unspecified atom stereocenters. The molecule has 0 aromatic heterocycles. The summed E-state index contributed by atoms with van der Waals surface area (Å²) in [6.07, 6.45) is 3.33. The summed E-state index contributed by atoms with van der Waals surface area (Å²) < 4.78 is 5.03. The highest BCUT2D eigenvalue weighted by molar-refractivity contribution is 5.80. The minimum atomic E-state index is -0.923. The lowest BCUT2D eigenvalue weighted by molar-refractivity contribution is -0.149. The van der Waals surface area contributed by atoms with Gasteiger partial charge in [0.1, 0.15) is 5.54 Å². The predicted octanol–water partition coefficient (Wildman–Crippen LogP) is 2.17. The average Bonchev–Trinajstić information content (AvgIpc) is 2.33. The molecule has 0 bridgehead atoms. The Labute approximate surface area is 112 Å². The molecule has 4 nitrogen and oxygen atoms in total. The fourth-order valence-electron chi connectivity index (χ4n) is 1.86. The van der Waals surface area contributed by atoms with E-state index in [1.807, 2.05) is 0 Å². The van der Waals surface area contributed by atoms with Crippen molar-refractivity contribution in [2.24, 2.45) is 5.73 Å². The van der Waals surface area contributed by atoms with Crippen LogP contribution in [0, 0.1) is 0 Å². The van der Waals surface area contributed by atoms with E-state index in [1.54, 1.807) is 13.8 Å². The van der Waals surface area contributed by atoms with Crippen LogP contribution in [0.5, 0.6) is 0 Å². The normalized spacial score (nSPS) is 16.4. The number of carbonyl (C=O) groups is 1. The lowest BCUT2D eigenvalue weighted by Gasteiger charge is -2.34. The van der Waals surface area contributed by atoms with Crippen molar-refractivity contribution in [1.82, 2.24) is 4.90 Å². The summed E-state index contributed by atoms with van der Waals surface area (Å²) in [4.78, 5) is 14.1. The minimum Gasteiger partial charge on any atom is -0.465 e. The summed E-state index contributed by atoms with van der Waals surface area (Å²) in [5, 5.41) is 0. The Kier molecular flexibility index (Phi) is 8.20. The summed E-state index contributed by atoms with van der Waals surface area (Å²) >= 11 is 0. The van der Waals surface area contributed by atoms with Crippen molar-refractivity contribution in [3.8, 4) is 0 Å². The molecule has 2 N–H and O–H groups in total. The fraction of sp³-hybridized carbons (Fsp3) is 0.929. The number of hydrogen-bond acceptors (Lipinski definition) is 4. The smallest absolute Gasteiger partial charge is 0.327 e. The third kappa shape index (κ3) is 5.83. The molecule has 0 heterocycles. The molecule has 0 amide bonds. The van der Waals surface area contributed by atoms with Crippen LogP contribution in [-0.2, 0) is 9.53 Å². The van der Waals surface area contributed by atoms with Crippen LogP contribution in [0.1, 0.15) is 53.9 Å². The molecule has 0 rings (SSSR count). The van der Waals surface area contributed by atoms with E-state index in [9.17, 15) is 4.79 Å². The van der Waals surface area contributed by atoms with Crippen molar-refractivity contribution in [2.75, 3.05) is 19.7 Å². The zero-order chi connectivity index (χ0) is 14.2. The van der Waals surface area contributed by atoms with Crippen molar-refractivity contribution in [2.45, 2.75) is 65.5 Å². The molecule has 18 heavy (non-hydrogen) atoms. The van der Waals surface area contributed by atoms with Gasteiger partial charge in [-0.2, -0.15) is 0 Å². The van der Waals surface area contributed by atoms with Gasteiger partial charge in [-0.05, 0) is 40.2 Å². The molecule has 0 aliphatic rings. The van der Waals surface area contributed by atoms with Crippen molar-refractivity contribution in [3.63, 3.8) is 0 Å². The molecule has 0 spiro atoms. The largest absolute Gasteiger partial charge is 0.465 e. The van der Waals surface area contributed by atoms with E-state index in [2.05, 4.69) is 25.7 Å². The first-order valence-corrected chi connectivity index (χ1v) is 7.09. The summed E-state index contributed by atoms with van der Waals surface area (Å²) in [6, 6.07) is 0.439. The number of ether oxygens (including phenoxy) is 1. The van der Waals surface area contributed by atoms with Gasteiger partial charge in [-0.25, -0.2) is 0 Å². The highest BCUT2D eigenvalue weighted by Crippen LogP contribution is 2.12. The monoisotopic (exact) mass is 258 g/mol. The van der Waals surface area contributed by atoms with Crippen LogP contribution < -0.4 is 5.73 Å². The van der Waals surface area contributed by atoms with Gasteiger partial charge in [0.05, 0.1) is 6.61 Å². The maximum atomic E-state index is 11.8. The van der Waals surface area contributed by atoms with E-state index in [0.717, 1.165) is 25.8 Å².